The number of benzene rings is 1. The zero-order valence-corrected chi connectivity index (χ0v) is 11.5. The summed E-state index contributed by atoms with van der Waals surface area (Å²) in [7, 11) is 0. The third-order valence-electron chi connectivity index (χ3n) is 3.20. The fraction of sp³-hybridized carbons (Fsp3) is 0.312. The molecule has 0 spiro atoms. The maximum atomic E-state index is 8.92. The largest absolute Gasteiger partial charge is 0.465 e. The Hall–Kier alpha value is -2.05. The van der Waals surface area contributed by atoms with Gasteiger partial charge in [0.15, 0.2) is 0 Å². The van der Waals surface area contributed by atoms with Crippen LogP contribution in [0.15, 0.2) is 40.8 Å². The van der Waals surface area contributed by atoms with E-state index in [4.69, 9.17) is 9.68 Å². The number of furan rings is 1. The second kappa shape index (κ2) is 5.73. The molecule has 1 heterocycles. The Balaban J connectivity index is 2.08. The van der Waals surface area contributed by atoms with E-state index < -0.39 is 0 Å². The van der Waals surface area contributed by atoms with Crippen molar-refractivity contribution in [2.24, 2.45) is 0 Å². The molecule has 0 aliphatic rings. The highest BCUT2D eigenvalue weighted by atomic mass is 16.3. The van der Waals surface area contributed by atoms with Crippen molar-refractivity contribution in [2.45, 2.75) is 32.9 Å². The molecule has 0 aliphatic heterocycles. The first-order valence-electron chi connectivity index (χ1n) is 6.42. The average molecular weight is 254 g/mol. The fourth-order valence-corrected chi connectivity index (χ4v) is 2.12. The second-order valence-electron chi connectivity index (χ2n) is 4.80. The van der Waals surface area contributed by atoms with Gasteiger partial charge in [-0.1, -0.05) is 12.1 Å². The van der Waals surface area contributed by atoms with Crippen LogP contribution in [0.2, 0.25) is 0 Å². The summed E-state index contributed by atoms with van der Waals surface area (Å²) in [4.78, 5) is 0. The van der Waals surface area contributed by atoms with E-state index in [9.17, 15) is 0 Å². The summed E-state index contributed by atoms with van der Waals surface area (Å²) in [6.45, 7) is 6.10. The van der Waals surface area contributed by atoms with Crippen molar-refractivity contribution in [1.29, 1.82) is 5.26 Å². The van der Waals surface area contributed by atoms with Crippen LogP contribution in [0.3, 0.4) is 0 Å². The Morgan fingerprint density at radius 2 is 1.95 bits per heavy atom. The molecule has 0 aliphatic carbocycles. The minimum atomic E-state index is 0.134. The predicted molar refractivity (Wildman–Crippen MR) is 74.6 cm³/mol. The van der Waals surface area contributed by atoms with Gasteiger partial charge in [-0.2, -0.15) is 5.26 Å². The zero-order valence-electron chi connectivity index (χ0n) is 11.5. The van der Waals surface area contributed by atoms with E-state index >= 15 is 0 Å². The highest BCUT2D eigenvalue weighted by Crippen LogP contribution is 2.21. The summed E-state index contributed by atoms with van der Waals surface area (Å²) >= 11 is 0. The van der Waals surface area contributed by atoms with Gasteiger partial charge < -0.3 is 9.73 Å². The fourth-order valence-electron chi connectivity index (χ4n) is 2.12. The van der Waals surface area contributed by atoms with Gasteiger partial charge in [0, 0.05) is 6.04 Å². The molecular formula is C16H18N2O. The number of nitrogens with one attached hydrogen (secondary N) is 1. The van der Waals surface area contributed by atoms with E-state index in [2.05, 4.69) is 25.2 Å². The molecule has 0 saturated heterocycles. The van der Waals surface area contributed by atoms with Gasteiger partial charge in [-0.15, -0.1) is 0 Å². The van der Waals surface area contributed by atoms with Gasteiger partial charge in [0.25, 0.3) is 0 Å². The molecule has 3 nitrogen and oxygen atoms in total. The van der Waals surface area contributed by atoms with Crippen LogP contribution >= 0.6 is 0 Å². The normalized spacial score (nSPS) is 13.8. The quantitative estimate of drug-likeness (QED) is 0.901. The lowest BCUT2D eigenvalue weighted by atomic mass is 10.0. The van der Waals surface area contributed by atoms with Gasteiger partial charge in [0.05, 0.1) is 17.7 Å². The van der Waals surface area contributed by atoms with Crippen LogP contribution in [0, 0.1) is 18.3 Å². The Kier molecular flexibility index (Phi) is 4.03. The number of hydrogen-bond donors (Lipinski definition) is 1. The second-order valence-corrected chi connectivity index (χ2v) is 4.80. The maximum absolute atomic E-state index is 8.92. The van der Waals surface area contributed by atoms with Crippen molar-refractivity contribution in [3.8, 4) is 6.07 Å². The molecule has 19 heavy (non-hydrogen) atoms. The third kappa shape index (κ3) is 3.24. The first-order valence-corrected chi connectivity index (χ1v) is 6.42. The van der Waals surface area contributed by atoms with Crippen molar-refractivity contribution < 1.29 is 4.42 Å². The van der Waals surface area contributed by atoms with E-state index in [1.807, 2.05) is 43.3 Å². The molecule has 0 fully saturated rings. The monoisotopic (exact) mass is 254 g/mol. The first kappa shape index (κ1) is 13.4. The molecule has 2 aromatic rings. The topological polar surface area (TPSA) is 49.0 Å². The molecule has 1 N–H and O–H groups in total. The molecular weight excluding hydrogens is 236 g/mol. The van der Waals surface area contributed by atoms with Crippen molar-refractivity contribution in [3.05, 3.63) is 59.0 Å². The summed E-state index contributed by atoms with van der Waals surface area (Å²) in [6.07, 6.45) is 0. The molecule has 2 atom stereocenters. The molecule has 3 heteroatoms. The molecule has 0 amide bonds. The standard InChI is InChI=1S/C16H18N2O/c1-11-7-8-16(19-11)13(3)18-12(2)15-6-4-5-14(9-15)10-17/h4-9,12-13,18H,1-3H3. The lowest BCUT2D eigenvalue weighted by Gasteiger charge is -2.19. The number of rotatable bonds is 4. The van der Waals surface area contributed by atoms with Crippen molar-refractivity contribution in [2.75, 3.05) is 0 Å². The molecule has 2 rings (SSSR count). The molecule has 0 bridgehead atoms. The number of nitriles is 1. The molecule has 0 saturated carbocycles. The molecule has 98 valence electrons. The minimum Gasteiger partial charge on any atom is -0.465 e. The van der Waals surface area contributed by atoms with Gasteiger partial charge in [-0.25, -0.2) is 0 Å². The molecule has 0 radical (unpaired) electrons. The Labute approximate surface area is 113 Å². The average Bonchev–Trinajstić information content (AvgIpc) is 2.85. The number of nitrogens with zero attached hydrogens (tertiary/aromatic N) is 1. The minimum absolute atomic E-state index is 0.134. The lowest BCUT2D eigenvalue weighted by Crippen LogP contribution is -2.22. The van der Waals surface area contributed by atoms with E-state index in [0.29, 0.717) is 5.56 Å². The zero-order chi connectivity index (χ0) is 13.8. The summed E-state index contributed by atoms with van der Waals surface area (Å²) < 4.78 is 5.61. The molecule has 1 aromatic carbocycles. The van der Waals surface area contributed by atoms with Crippen LogP contribution in [-0.4, -0.2) is 0 Å². The van der Waals surface area contributed by atoms with Crippen LogP contribution in [0.4, 0.5) is 0 Å². The van der Waals surface area contributed by atoms with Crippen LogP contribution in [0.25, 0.3) is 0 Å². The van der Waals surface area contributed by atoms with Crippen LogP contribution in [-0.2, 0) is 0 Å². The van der Waals surface area contributed by atoms with Crippen LogP contribution < -0.4 is 5.32 Å². The van der Waals surface area contributed by atoms with E-state index in [0.717, 1.165) is 17.1 Å². The number of hydrogen-bond acceptors (Lipinski definition) is 3. The van der Waals surface area contributed by atoms with Gasteiger partial charge >= 0.3 is 0 Å². The van der Waals surface area contributed by atoms with E-state index in [-0.39, 0.29) is 12.1 Å². The Bertz CT molecular complexity index is 595. The summed E-state index contributed by atoms with van der Waals surface area (Å²) in [5.41, 5.74) is 1.79. The highest BCUT2D eigenvalue weighted by molar-refractivity contribution is 5.34. The summed E-state index contributed by atoms with van der Waals surface area (Å²) in [6, 6.07) is 14.1. The van der Waals surface area contributed by atoms with Gasteiger partial charge in [-0.05, 0) is 50.6 Å². The van der Waals surface area contributed by atoms with Crippen molar-refractivity contribution in [3.63, 3.8) is 0 Å². The Morgan fingerprint density at radius 1 is 1.16 bits per heavy atom. The molecule has 1 aromatic heterocycles. The van der Waals surface area contributed by atoms with Crippen LogP contribution in [0.1, 0.15) is 48.6 Å². The van der Waals surface area contributed by atoms with Crippen molar-refractivity contribution >= 4 is 0 Å². The third-order valence-corrected chi connectivity index (χ3v) is 3.20. The maximum Gasteiger partial charge on any atom is 0.120 e. The lowest BCUT2D eigenvalue weighted by molar-refractivity contribution is 0.392. The number of aryl methyl sites for hydroxylation is 1. The highest BCUT2D eigenvalue weighted by Gasteiger charge is 2.13. The predicted octanol–water partition coefficient (Wildman–Crippen LogP) is 3.87. The van der Waals surface area contributed by atoms with Crippen molar-refractivity contribution in [1.82, 2.24) is 5.32 Å². The van der Waals surface area contributed by atoms with Gasteiger partial charge in [0.1, 0.15) is 11.5 Å². The van der Waals surface area contributed by atoms with Gasteiger partial charge in [0.2, 0.25) is 0 Å². The van der Waals surface area contributed by atoms with Crippen LogP contribution in [0.5, 0.6) is 0 Å². The first-order chi connectivity index (χ1) is 9.10. The van der Waals surface area contributed by atoms with E-state index in [1.54, 1.807) is 0 Å². The smallest absolute Gasteiger partial charge is 0.120 e. The molecule has 2 unspecified atom stereocenters. The Morgan fingerprint density at radius 3 is 2.58 bits per heavy atom. The summed E-state index contributed by atoms with van der Waals surface area (Å²) in [5.74, 6) is 1.85. The SMILES string of the molecule is Cc1ccc(C(C)NC(C)c2cccc(C#N)c2)o1. The van der Waals surface area contributed by atoms with Gasteiger partial charge in [-0.3, -0.25) is 0 Å². The summed E-state index contributed by atoms with van der Waals surface area (Å²) in [5, 5.41) is 12.4. The van der Waals surface area contributed by atoms with E-state index in [1.165, 1.54) is 0 Å².